The summed E-state index contributed by atoms with van der Waals surface area (Å²) in [5, 5.41) is 9.68. The number of carbonyl (C=O) groups is 1. The van der Waals surface area contributed by atoms with Crippen LogP contribution in [-0.2, 0) is 20.1 Å². The fraction of sp³-hybridized carbons (Fsp3) is 0.273. The summed E-state index contributed by atoms with van der Waals surface area (Å²) in [6.07, 6.45) is 3.80. The maximum absolute atomic E-state index is 13.2. The number of hydrogen-bond donors (Lipinski definition) is 0. The van der Waals surface area contributed by atoms with Gasteiger partial charge >= 0.3 is 0 Å². The molecule has 0 aliphatic heterocycles. The van der Waals surface area contributed by atoms with Crippen molar-refractivity contribution in [2.75, 3.05) is 7.05 Å². The molecule has 1 aromatic carbocycles. The summed E-state index contributed by atoms with van der Waals surface area (Å²) < 4.78 is 3.62. The summed E-state index contributed by atoms with van der Waals surface area (Å²) in [6, 6.07) is 12.0. The van der Waals surface area contributed by atoms with Crippen LogP contribution >= 0.6 is 0 Å². The van der Waals surface area contributed by atoms with E-state index in [-0.39, 0.29) is 5.91 Å². The number of rotatable bonds is 5. The van der Waals surface area contributed by atoms with Crippen molar-refractivity contribution >= 4 is 16.9 Å². The Morgan fingerprint density at radius 1 is 1.14 bits per heavy atom. The van der Waals surface area contributed by atoms with Crippen LogP contribution in [0, 0.1) is 13.8 Å². The molecule has 0 saturated carbocycles. The molecule has 0 aliphatic rings. The van der Waals surface area contributed by atoms with E-state index in [2.05, 4.69) is 27.3 Å². The molecule has 0 unspecified atom stereocenters. The van der Waals surface area contributed by atoms with Crippen molar-refractivity contribution < 1.29 is 4.79 Å². The third-order valence-electron chi connectivity index (χ3n) is 4.97. The van der Waals surface area contributed by atoms with Crippen molar-refractivity contribution in [3.63, 3.8) is 0 Å². The van der Waals surface area contributed by atoms with Crippen molar-refractivity contribution in [1.29, 1.82) is 0 Å². The molecule has 0 fully saturated rings. The fourth-order valence-corrected chi connectivity index (χ4v) is 3.63. The molecular formula is C22H24N6O. The minimum atomic E-state index is -0.0487. The van der Waals surface area contributed by atoms with Gasteiger partial charge in [-0.2, -0.15) is 10.2 Å². The Labute approximate surface area is 169 Å². The number of carbonyl (C=O) groups excluding carboxylic acids is 1. The molecule has 3 aromatic heterocycles. The highest BCUT2D eigenvalue weighted by Crippen LogP contribution is 2.23. The van der Waals surface area contributed by atoms with Crippen molar-refractivity contribution in [3.8, 4) is 0 Å². The molecule has 3 heterocycles. The van der Waals surface area contributed by atoms with Gasteiger partial charge in [0.15, 0.2) is 5.65 Å². The van der Waals surface area contributed by atoms with Gasteiger partial charge in [0.05, 0.1) is 29.4 Å². The summed E-state index contributed by atoms with van der Waals surface area (Å²) >= 11 is 0. The van der Waals surface area contributed by atoms with Gasteiger partial charge in [0, 0.05) is 38.1 Å². The molecule has 0 spiro atoms. The third-order valence-corrected chi connectivity index (χ3v) is 4.97. The van der Waals surface area contributed by atoms with Gasteiger partial charge < -0.3 is 4.90 Å². The van der Waals surface area contributed by atoms with Gasteiger partial charge in [-0.05, 0) is 25.5 Å². The minimum absolute atomic E-state index is 0.0487. The van der Waals surface area contributed by atoms with Gasteiger partial charge in [-0.15, -0.1) is 0 Å². The molecular weight excluding hydrogens is 364 g/mol. The number of aryl methyl sites for hydroxylation is 3. The van der Waals surface area contributed by atoms with Gasteiger partial charge in [-0.3, -0.25) is 14.2 Å². The zero-order valence-corrected chi connectivity index (χ0v) is 17.1. The summed E-state index contributed by atoms with van der Waals surface area (Å²) in [6.45, 7) is 4.99. The molecule has 4 aromatic rings. The lowest BCUT2D eigenvalue weighted by molar-refractivity contribution is 0.0787. The van der Waals surface area contributed by atoms with E-state index >= 15 is 0 Å². The summed E-state index contributed by atoms with van der Waals surface area (Å²) in [5.74, 6) is -0.0487. The van der Waals surface area contributed by atoms with E-state index in [1.807, 2.05) is 69.3 Å². The highest BCUT2D eigenvalue weighted by molar-refractivity contribution is 6.06. The lowest BCUT2D eigenvalue weighted by atomic mass is 10.1. The van der Waals surface area contributed by atoms with Crippen molar-refractivity contribution in [1.82, 2.24) is 29.4 Å². The maximum atomic E-state index is 13.2. The van der Waals surface area contributed by atoms with Crippen LogP contribution in [0.15, 0.2) is 48.8 Å². The molecule has 7 heteroatoms. The van der Waals surface area contributed by atoms with Gasteiger partial charge in [0.2, 0.25) is 0 Å². The number of aromatic nitrogens is 5. The van der Waals surface area contributed by atoms with Crippen LogP contribution in [0.2, 0.25) is 0 Å². The summed E-state index contributed by atoms with van der Waals surface area (Å²) in [7, 11) is 3.66. The first-order valence-corrected chi connectivity index (χ1v) is 9.54. The average molecular weight is 388 g/mol. The Morgan fingerprint density at radius 3 is 2.66 bits per heavy atom. The number of pyridine rings is 1. The first-order chi connectivity index (χ1) is 13.9. The van der Waals surface area contributed by atoms with E-state index in [1.54, 1.807) is 9.58 Å². The van der Waals surface area contributed by atoms with Gasteiger partial charge in [-0.25, -0.2) is 4.98 Å². The Bertz CT molecular complexity index is 1170. The topological polar surface area (TPSA) is 68.8 Å². The Balaban J connectivity index is 1.54. The van der Waals surface area contributed by atoms with Crippen LogP contribution in [0.1, 0.15) is 32.9 Å². The van der Waals surface area contributed by atoms with Crippen LogP contribution in [-0.4, -0.2) is 42.4 Å². The summed E-state index contributed by atoms with van der Waals surface area (Å²) in [4.78, 5) is 19.5. The highest BCUT2D eigenvalue weighted by atomic mass is 16.2. The molecule has 0 bridgehead atoms. The number of benzene rings is 1. The fourth-order valence-electron chi connectivity index (χ4n) is 3.63. The average Bonchev–Trinajstić information content (AvgIpc) is 3.25. The second-order valence-electron chi connectivity index (χ2n) is 7.41. The predicted octanol–water partition coefficient (Wildman–Crippen LogP) is 3.10. The third kappa shape index (κ3) is 3.76. The Morgan fingerprint density at radius 2 is 1.90 bits per heavy atom. The maximum Gasteiger partial charge on any atom is 0.254 e. The predicted molar refractivity (Wildman–Crippen MR) is 112 cm³/mol. The van der Waals surface area contributed by atoms with Crippen LogP contribution < -0.4 is 0 Å². The second kappa shape index (κ2) is 7.50. The molecule has 0 saturated heterocycles. The van der Waals surface area contributed by atoms with Gasteiger partial charge in [-0.1, -0.05) is 30.3 Å². The zero-order valence-electron chi connectivity index (χ0n) is 17.1. The first kappa shape index (κ1) is 18.9. The Hall–Kier alpha value is -3.48. The lowest BCUT2D eigenvalue weighted by Crippen LogP contribution is -2.26. The first-order valence-electron chi connectivity index (χ1n) is 9.54. The molecule has 29 heavy (non-hydrogen) atoms. The zero-order chi connectivity index (χ0) is 20.5. The lowest BCUT2D eigenvalue weighted by Gasteiger charge is -2.17. The molecule has 148 valence electrons. The highest BCUT2D eigenvalue weighted by Gasteiger charge is 2.21. The smallest absolute Gasteiger partial charge is 0.254 e. The standard InChI is InChI=1S/C22H24N6O/c1-15-10-19(20-16(2)25-27(4)21(20)24-15)22(29)26(3)12-18-11-23-28(14-18)13-17-8-6-5-7-9-17/h5-11,14H,12-13H2,1-4H3. The van der Waals surface area contributed by atoms with E-state index in [1.165, 1.54) is 5.56 Å². The van der Waals surface area contributed by atoms with E-state index in [0.29, 0.717) is 18.7 Å². The normalized spacial score (nSPS) is 11.2. The van der Waals surface area contributed by atoms with Crippen molar-refractivity contribution in [2.45, 2.75) is 26.9 Å². The molecule has 0 atom stereocenters. The Kier molecular flexibility index (Phi) is 4.88. The van der Waals surface area contributed by atoms with Crippen molar-refractivity contribution in [3.05, 3.63) is 76.9 Å². The SMILES string of the molecule is Cc1cc(C(=O)N(C)Cc2cnn(Cc3ccccc3)c2)c2c(C)nn(C)c2n1. The van der Waals surface area contributed by atoms with E-state index in [9.17, 15) is 4.79 Å². The van der Waals surface area contributed by atoms with Crippen LogP contribution in [0.5, 0.6) is 0 Å². The van der Waals surface area contributed by atoms with Crippen LogP contribution in [0.3, 0.4) is 0 Å². The number of nitrogens with zero attached hydrogens (tertiary/aromatic N) is 6. The van der Waals surface area contributed by atoms with Crippen molar-refractivity contribution in [2.24, 2.45) is 7.05 Å². The number of hydrogen-bond acceptors (Lipinski definition) is 4. The molecule has 4 rings (SSSR count). The monoisotopic (exact) mass is 388 g/mol. The van der Waals surface area contributed by atoms with Crippen LogP contribution in [0.4, 0.5) is 0 Å². The molecule has 0 aliphatic carbocycles. The van der Waals surface area contributed by atoms with Gasteiger partial charge in [0.1, 0.15) is 0 Å². The van der Waals surface area contributed by atoms with Gasteiger partial charge in [0.25, 0.3) is 5.91 Å². The summed E-state index contributed by atoms with van der Waals surface area (Å²) in [5.41, 5.74) is 5.15. The molecule has 7 nitrogen and oxygen atoms in total. The number of amides is 1. The van der Waals surface area contributed by atoms with E-state index < -0.39 is 0 Å². The van der Waals surface area contributed by atoms with Crippen LogP contribution in [0.25, 0.3) is 11.0 Å². The number of fused-ring (bicyclic) bond motifs is 1. The molecule has 0 N–H and O–H groups in total. The minimum Gasteiger partial charge on any atom is -0.337 e. The van der Waals surface area contributed by atoms with E-state index in [4.69, 9.17) is 0 Å². The second-order valence-corrected chi connectivity index (χ2v) is 7.41. The molecule has 1 amide bonds. The largest absolute Gasteiger partial charge is 0.337 e. The van der Waals surface area contributed by atoms with E-state index in [0.717, 1.165) is 28.0 Å². The quantitative estimate of drug-likeness (QED) is 0.527. The molecule has 0 radical (unpaired) electrons.